The highest BCUT2D eigenvalue weighted by atomic mass is 16.5. The molecule has 2 aromatic carbocycles. The van der Waals surface area contributed by atoms with Gasteiger partial charge in [-0.1, -0.05) is 24.3 Å². The maximum absolute atomic E-state index is 12.0. The summed E-state index contributed by atoms with van der Waals surface area (Å²) >= 11 is 0. The fraction of sp³-hybridized carbons (Fsp3) is 0.300. The van der Waals surface area contributed by atoms with Crippen LogP contribution in [0, 0.1) is 5.92 Å². The zero-order chi connectivity index (χ0) is 18.4. The van der Waals surface area contributed by atoms with E-state index in [1.165, 1.54) is 0 Å². The summed E-state index contributed by atoms with van der Waals surface area (Å²) in [6.45, 7) is 0.803. The molecule has 136 valence electrons. The van der Waals surface area contributed by atoms with Crippen LogP contribution in [0.15, 0.2) is 48.5 Å². The highest BCUT2D eigenvalue weighted by Gasteiger charge is 2.29. The molecule has 2 aromatic rings. The normalized spacial score (nSPS) is 13.0. The Kier molecular flexibility index (Phi) is 5.73. The lowest BCUT2D eigenvalue weighted by Gasteiger charge is -2.10. The molecule has 6 nitrogen and oxygen atoms in total. The Hall–Kier alpha value is -3.02. The molecule has 3 N–H and O–H groups in total. The van der Waals surface area contributed by atoms with Crippen molar-refractivity contribution in [3.63, 3.8) is 0 Å². The molecule has 0 unspecified atom stereocenters. The van der Waals surface area contributed by atoms with Crippen molar-refractivity contribution >= 4 is 17.6 Å². The number of urea groups is 1. The Labute approximate surface area is 152 Å². The lowest BCUT2D eigenvalue weighted by molar-refractivity contribution is -0.117. The molecule has 1 fully saturated rings. The number of ether oxygens (including phenoxy) is 1. The number of benzene rings is 2. The van der Waals surface area contributed by atoms with Crippen LogP contribution in [0.3, 0.4) is 0 Å². The minimum atomic E-state index is -0.250. The smallest absolute Gasteiger partial charge is 0.315 e. The molecule has 0 radical (unpaired) electrons. The molecule has 1 aliphatic carbocycles. The Balaban J connectivity index is 1.45. The fourth-order valence-corrected chi connectivity index (χ4v) is 2.56. The van der Waals surface area contributed by atoms with Crippen molar-refractivity contribution in [3.05, 3.63) is 59.7 Å². The Morgan fingerprint density at radius 1 is 1.00 bits per heavy atom. The number of hydrogen-bond acceptors (Lipinski definition) is 3. The second-order valence-corrected chi connectivity index (χ2v) is 6.35. The largest absolute Gasteiger partial charge is 0.497 e. The zero-order valence-corrected chi connectivity index (χ0v) is 14.7. The maximum atomic E-state index is 12.0. The van der Waals surface area contributed by atoms with Crippen LogP contribution in [-0.2, 0) is 17.9 Å². The van der Waals surface area contributed by atoms with Crippen LogP contribution < -0.4 is 20.7 Å². The molecule has 0 aliphatic heterocycles. The van der Waals surface area contributed by atoms with E-state index in [-0.39, 0.29) is 17.9 Å². The molecule has 26 heavy (non-hydrogen) atoms. The second kappa shape index (κ2) is 8.38. The second-order valence-electron chi connectivity index (χ2n) is 6.35. The van der Waals surface area contributed by atoms with Gasteiger partial charge in [0.25, 0.3) is 0 Å². The van der Waals surface area contributed by atoms with Crippen LogP contribution in [0.1, 0.15) is 24.0 Å². The molecule has 0 bridgehead atoms. The first-order valence-electron chi connectivity index (χ1n) is 8.68. The summed E-state index contributed by atoms with van der Waals surface area (Å²) in [6.07, 6.45) is 1.95. The molecule has 0 saturated heterocycles. The average molecular weight is 353 g/mol. The van der Waals surface area contributed by atoms with Crippen molar-refractivity contribution in [2.45, 2.75) is 25.9 Å². The Bertz CT molecular complexity index is 787. The lowest BCUT2D eigenvalue weighted by Crippen LogP contribution is -2.34. The molecule has 0 aromatic heterocycles. The van der Waals surface area contributed by atoms with E-state index >= 15 is 0 Å². The van der Waals surface area contributed by atoms with Gasteiger partial charge in [-0.05, 0) is 48.2 Å². The third-order valence-electron chi connectivity index (χ3n) is 4.18. The van der Waals surface area contributed by atoms with Gasteiger partial charge in [0.05, 0.1) is 7.11 Å². The molecule has 0 heterocycles. The Morgan fingerprint density at radius 3 is 2.31 bits per heavy atom. The van der Waals surface area contributed by atoms with Crippen molar-refractivity contribution < 1.29 is 14.3 Å². The summed E-state index contributed by atoms with van der Waals surface area (Å²) in [4.78, 5) is 23.8. The van der Waals surface area contributed by atoms with Crippen LogP contribution in [-0.4, -0.2) is 19.0 Å². The number of nitrogens with one attached hydrogen (secondary N) is 3. The topological polar surface area (TPSA) is 79.5 Å². The summed E-state index contributed by atoms with van der Waals surface area (Å²) in [6, 6.07) is 14.8. The van der Waals surface area contributed by atoms with Gasteiger partial charge in [-0.15, -0.1) is 0 Å². The minimum absolute atomic E-state index is 0.0751. The quantitative estimate of drug-likeness (QED) is 0.716. The lowest BCUT2D eigenvalue weighted by atomic mass is 10.2. The van der Waals surface area contributed by atoms with Crippen LogP contribution in [0.2, 0.25) is 0 Å². The van der Waals surface area contributed by atoms with Gasteiger partial charge in [-0.2, -0.15) is 0 Å². The number of hydrogen-bond donors (Lipinski definition) is 3. The van der Waals surface area contributed by atoms with Crippen molar-refractivity contribution in [1.82, 2.24) is 10.6 Å². The third-order valence-corrected chi connectivity index (χ3v) is 4.18. The Morgan fingerprint density at radius 2 is 1.65 bits per heavy atom. The first-order chi connectivity index (χ1) is 12.6. The number of carbonyl (C=O) groups is 2. The molecule has 3 amide bonds. The van der Waals surface area contributed by atoms with Crippen molar-refractivity contribution in [3.8, 4) is 5.75 Å². The van der Waals surface area contributed by atoms with Crippen LogP contribution in [0.4, 0.5) is 10.5 Å². The van der Waals surface area contributed by atoms with E-state index in [4.69, 9.17) is 4.74 Å². The van der Waals surface area contributed by atoms with Gasteiger partial charge in [0.15, 0.2) is 0 Å². The molecule has 1 saturated carbocycles. The SMILES string of the molecule is COc1cccc(CNC(=O)NCc2cccc(NC(=O)C3CC3)c2)c1. The number of anilines is 1. The summed E-state index contributed by atoms with van der Waals surface area (Å²) in [5.41, 5.74) is 2.65. The molecule has 6 heteroatoms. The number of rotatable bonds is 7. The van der Waals surface area contributed by atoms with Gasteiger partial charge in [-0.25, -0.2) is 4.79 Å². The highest BCUT2D eigenvalue weighted by Crippen LogP contribution is 2.30. The van der Waals surface area contributed by atoms with E-state index in [1.54, 1.807) is 7.11 Å². The molecule has 0 atom stereocenters. The number of amides is 3. The van der Waals surface area contributed by atoms with E-state index in [9.17, 15) is 9.59 Å². The average Bonchev–Trinajstić information content (AvgIpc) is 3.50. The predicted octanol–water partition coefficient (Wildman–Crippen LogP) is 3.04. The van der Waals surface area contributed by atoms with E-state index in [0.29, 0.717) is 13.1 Å². The predicted molar refractivity (Wildman–Crippen MR) is 99.9 cm³/mol. The van der Waals surface area contributed by atoms with E-state index in [2.05, 4.69) is 16.0 Å². The standard InChI is InChI=1S/C20H23N3O3/c1-26-18-7-3-5-15(11-18)13-22-20(25)21-12-14-4-2-6-17(10-14)23-19(24)16-8-9-16/h2-7,10-11,16H,8-9,12-13H2,1H3,(H,23,24)(H2,21,22,25). The monoisotopic (exact) mass is 353 g/mol. The van der Waals surface area contributed by atoms with Gasteiger partial charge in [0.2, 0.25) is 5.91 Å². The van der Waals surface area contributed by atoms with Gasteiger partial charge >= 0.3 is 6.03 Å². The van der Waals surface area contributed by atoms with Crippen LogP contribution in [0.5, 0.6) is 5.75 Å². The summed E-state index contributed by atoms with van der Waals surface area (Å²) in [5, 5.41) is 8.54. The van der Waals surface area contributed by atoms with Crippen molar-refractivity contribution in [2.24, 2.45) is 5.92 Å². The van der Waals surface area contributed by atoms with E-state index < -0.39 is 0 Å². The fourth-order valence-electron chi connectivity index (χ4n) is 2.56. The molecular formula is C20H23N3O3. The summed E-state index contributed by atoms with van der Waals surface area (Å²) in [5.74, 6) is 1.00. The van der Waals surface area contributed by atoms with Gasteiger partial charge in [0, 0.05) is 24.7 Å². The van der Waals surface area contributed by atoms with Crippen LogP contribution >= 0.6 is 0 Å². The minimum Gasteiger partial charge on any atom is -0.497 e. The first kappa shape index (κ1) is 17.8. The van der Waals surface area contributed by atoms with Gasteiger partial charge in [0.1, 0.15) is 5.75 Å². The summed E-state index contributed by atoms with van der Waals surface area (Å²) < 4.78 is 5.17. The van der Waals surface area contributed by atoms with Crippen molar-refractivity contribution in [2.75, 3.05) is 12.4 Å². The van der Waals surface area contributed by atoms with Gasteiger partial charge < -0.3 is 20.7 Å². The van der Waals surface area contributed by atoms with E-state index in [1.807, 2.05) is 48.5 Å². The van der Waals surface area contributed by atoms with Gasteiger partial charge in [-0.3, -0.25) is 4.79 Å². The van der Waals surface area contributed by atoms with Crippen LogP contribution in [0.25, 0.3) is 0 Å². The molecule has 0 spiro atoms. The first-order valence-corrected chi connectivity index (χ1v) is 8.68. The zero-order valence-electron chi connectivity index (χ0n) is 14.7. The molecular weight excluding hydrogens is 330 g/mol. The molecule has 3 rings (SSSR count). The summed E-state index contributed by atoms with van der Waals surface area (Å²) in [7, 11) is 1.61. The number of methoxy groups -OCH3 is 1. The maximum Gasteiger partial charge on any atom is 0.315 e. The number of carbonyl (C=O) groups excluding carboxylic acids is 2. The van der Waals surface area contributed by atoms with Crippen molar-refractivity contribution in [1.29, 1.82) is 0 Å². The third kappa shape index (κ3) is 5.24. The van der Waals surface area contributed by atoms with E-state index in [0.717, 1.165) is 35.4 Å². The highest BCUT2D eigenvalue weighted by molar-refractivity contribution is 5.94. The molecule has 1 aliphatic rings.